The molecule has 2 saturated heterocycles. The maximum atomic E-state index is 6.19. The minimum atomic E-state index is -0.410. The van der Waals surface area contributed by atoms with Gasteiger partial charge in [-0.05, 0) is 12.1 Å². The van der Waals surface area contributed by atoms with Crippen molar-refractivity contribution in [3.05, 3.63) is 34.4 Å². The molecule has 2 fully saturated rings. The SMILES string of the molecule is Clc1cccc(Nc2nncc(N3CCC4(CC3)OCCO4)n2)c1Cl. The average Bonchev–Trinajstić information content (AvgIpc) is 3.08. The highest BCUT2D eigenvalue weighted by atomic mass is 35.5. The molecule has 0 unspecified atom stereocenters. The Morgan fingerprint density at radius 1 is 1.12 bits per heavy atom. The van der Waals surface area contributed by atoms with Crippen LogP contribution in [-0.4, -0.2) is 47.3 Å². The van der Waals surface area contributed by atoms with Crippen LogP contribution in [0.15, 0.2) is 24.4 Å². The second-order valence-electron chi connectivity index (χ2n) is 5.96. The number of aromatic nitrogens is 3. The van der Waals surface area contributed by atoms with Crippen molar-refractivity contribution in [2.24, 2.45) is 0 Å². The molecule has 1 spiro atoms. The van der Waals surface area contributed by atoms with Gasteiger partial charge in [0.25, 0.3) is 0 Å². The maximum Gasteiger partial charge on any atom is 0.249 e. The Hall–Kier alpha value is -1.67. The fourth-order valence-electron chi connectivity index (χ4n) is 3.08. The molecule has 0 radical (unpaired) electrons. The molecule has 25 heavy (non-hydrogen) atoms. The van der Waals surface area contributed by atoms with E-state index in [1.807, 2.05) is 6.07 Å². The summed E-state index contributed by atoms with van der Waals surface area (Å²) in [5, 5.41) is 12.0. The van der Waals surface area contributed by atoms with E-state index < -0.39 is 5.79 Å². The minimum Gasteiger partial charge on any atom is -0.355 e. The number of hydrogen-bond donors (Lipinski definition) is 1. The summed E-state index contributed by atoms with van der Waals surface area (Å²) in [6.07, 6.45) is 3.26. The van der Waals surface area contributed by atoms with Crippen LogP contribution >= 0.6 is 23.2 Å². The molecular formula is C16H17Cl2N5O2. The van der Waals surface area contributed by atoms with Crippen molar-refractivity contribution in [2.45, 2.75) is 18.6 Å². The van der Waals surface area contributed by atoms with Crippen LogP contribution in [0.1, 0.15) is 12.8 Å². The van der Waals surface area contributed by atoms with Gasteiger partial charge in [-0.1, -0.05) is 29.3 Å². The van der Waals surface area contributed by atoms with Gasteiger partial charge in [0.2, 0.25) is 5.95 Å². The molecular weight excluding hydrogens is 365 g/mol. The maximum absolute atomic E-state index is 6.19. The first-order valence-electron chi connectivity index (χ1n) is 8.09. The lowest BCUT2D eigenvalue weighted by molar-refractivity contribution is -0.169. The molecule has 0 bridgehead atoms. The van der Waals surface area contributed by atoms with Crippen LogP contribution < -0.4 is 10.2 Å². The van der Waals surface area contributed by atoms with Crippen LogP contribution in [0, 0.1) is 0 Å². The molecule has 0 aliphatic carbocycles. The van der Waals surface area contributed by atoms with E-state index in [1.165, 1.54) is 0 Å². The fraction of sp³-hybridized carbons (Fsp3) is 0.438. The molecule has 0 amide bonds. The van der Waals surface area contributed by atoms with Gasteiger partial charge in [0.15, 0.2) is 11.6 Å². The third kappa shape index (κ3) is 3.50. The topological polar surface area (TPSA) is 72.4 Å². The molecule has 2 aliphatic heterocycles. The Balaban J connectivity index is 1.47. The Bertz CT molecular complexity index is 760. The summed E-state index contributed by atoms with van der Waals surface area (Å²) >= 11 is 12.2. The van der Waals surface area contributed by atoms with Crippen LogP contribution in [0.2, 0.25) is 10.0 Å². The molecule has 7 nitrogen and oxygen atoms in total. The summed E-state index contributed by atoms with van der Waals surface area (Å²) in [7, 11) is 0. The van der Waals surface area contributed by atoms with Gasteiger partial charge in [0.1, 0.15) is 0 Å². The predicted molar refractivity (Wildman–Crippen MR) is 95.7 cm³/mol. The number of anilines is 3. The van der Waals surface area contributed by atoms with Gasteiger partial charge in [-0.3, -0.25) is 0 Å². The molecule has 4 rings (SSSR count). The lowest BCUT2D eigenvalue weighted by Gasteiger charge is -2.37. The summed E-state index contributed by atoms with van der Waals surface area (Å²) in [5.41, 5.74) is 0.637. The summed E-state index contributed by atoms with van der Waals surface area (Å²) in [4.78, 5) is 6.68. The Kier molecular flexibility index (Phi) is 4.64. The zero-order valence-electron chi connectivity index (χ0n) is 13.4. The van der Waals surface area contributed by atoms with Crippen molar-refractivity contribution in [3.63, 3.8) is 0 Å². The highest BCUT2D eigenvalue weighted by Crippen LogP contribution is 2.33. The van der Waals surface area contributed by atoms with Crippen molar-refractivity contribution >= 4 is 40.7 Å². The first-order chi connectivity index (χ1) is 12.2. The van der Waals surface area contributed by atoms with Crippen LogP contribution in [0.4, 0.5) is 17.5 Å². The van der Waals surface area contributed by atoms with Crippen molar-refractivity contribution in [3.8, 4) is 0 Å². The van der Waals surface area contributed by atoms with E-state index in [4.69, 9.17) is 32.7 Å². The number of halogens is 2. The van der Waals surface area contributed by atoms with Crippen LogP contribution in [0.25, 0.3) is 0 Å². The Morgan fingerprint density at radius 3 is 2.64 bits per heavy atom. The van der Waals surface area contributed by atoms with E-state index in [2.05, 4.69) is 25.4 Å². The van der Waals surface area contributed by atoms with Crippen molar-refractivity contribution in [2.75, 3.05) is 36.5 Å². The molecule has 132 valence electrons. The first-order valence-corrected chi connectivity index (χ1v) is 8.84. The van der Waals surface area contributed by atoms with Gasteiger partial charge in [0.05, 0.1) is 35.1 Å². The summed E-state index contributed by atoms with van der Waals surface area (Å²) < 4.78 is 11.5. The monoisotopic (exact) mass is 381 g/mol. The highest BCUT2D eigenvalue weighted by molar-refractivity contribution is 6.43. The second kappa shape index (κ2) is 6.92. The third-order valence-corrected chi connectivity index (χ3v) is 5.23. The molecule has 0 saturated carbocycles. The Labute approximate surface area is 155 Å². The lowest BCUT2D eigenvalue weighted by atomic mass is 10.0. The summed E-state index contributed by atoms with van der Waals surface area (Å²) in [6, 6.07) is 5.34. The number of benzene rings is 1. The molecule has 2 aliphatic rings. The molecule has 9 heteroatoms. The largest absolute Gasteiger partial charge is 0.355 e. The smallest absolute Gasteiger partial charge is 0.249 e. The first kappa shape index (κ1) is 16.8. The number of rotatable bonds is 3. The average molecular weight is 382 g/mol. The minimum absolute atomic E-state index is 0.371. The van der Waals surface area contributed by atoms with E-state index >= 15 is 0 Å². The molecule has 1 N–H and O–H groups in total. The van der Waals surface area contributed by atoms with Crippen molar-refractivity contribution in [1.29, 1.82) is 0 Å². The molecule has 1 aromatic carbocycles. The normalized spacial score (nSPS) is 19.4. The quantitative estimate of drug-likeness (QED) is 0.874. The van der Waals surface area contributed by atoms with Crippen LogP contribution in [-0.2, 0) is 9.47 Å². The molecule has 2 aromatic rings. The number of ether oxygens (including phenoxy) is 2. The van der Waals surface area contributed by atoms with E-state index in [-0.39, 0.29) is 0 Å². The zero-order chi connectivity index (χ0) is 17.3. The van der Waals surface area contributed by atoms with Crippen molar-refractivity contribution < 1.29 is 9.47 Å². The van der Waals surface area contributed by atoms with Crippen LogP contribution in [0.3, 0.4) is 0 Å². The fourth-order valence-corrected chi connectivity index (χ4v) is 3.43. The van der Waals surface area contributed by atoms with Gasteiger partial charge in [-0.2, -0.15) is 10.1 Å². The number of nitrogens with zero attached hydrogens (tertiary/aromatic N) is 4. The van der Waals surface area contributed by atoms with Gasteiger partial charge < -0.3 is 19.7 Å². The summed E-state index contributed by atoms with van der Waals surface area (Å²) in [6.45, 7) is 2.92. The second-order valence-corrected chi connectivity index (χ2v) is 6.74. The highest BCUT2D eigenvalue weighted by Gasteiger charge is 2.40. The van der Waals surface area contributed by atoms with E-state index in [0.29, 0.717) is 34.9 Å². The number of nitrogens with one attached hydrogen (secondary N) is 1. The van der Waals surface area contributed by atoms with Crippen molar-refractivity contribution in [1.82, 2.24) is 15.2 Å². The van der Waals surface area contributed by atoms with Gasteiger partial charge in [-0.15, -0.1) is 5.10 Å². The standard InChI is InChI=1S/C16H17Cl2N5O2/c17-11-2-1-3-12(14(11)18)20-15-21-13(10-19-22-15)23-6-4-16(5-7-23)24-8-9-25-16/h1-3,10H,4-9H2,(H,20,21,22). The third-order valence-electron chi connectivity index (χ3n) is 4.41. The van der Waals surface area contributed by atoms with Crippen LogP contribution in [0.5, 0.6) is 0 Å². The molecule has 1 aromatic heterocycles. The Morgan fingerprint density at radius 2 is 1.88 bits per heavy atom. The lowest BCUT2D eigenvalue weighted by Crippen LogP contribution is -2.45. The van der Waals surface area contributed by atoms with Gasteiger partial charge in [-0.25, -0.2) is 0 Å². The zero-order valence-corrected chi connectivity index (χ0v) is 14.9. The van der Waals surface area contributed by atoms with Gasteiger partial charge >= 0.3 is 0 Å². The van der Waals surface area contributed by atoms with E-state index in [9.17, 15) is 0 Å². The number of piperidine rings is 1. The van der Waals surface area contributed by atoms with E-state index in [1.54, 1.807) is 18.3 Å². The molecule has 3 heterocycles. The number of hydrogen-bond acceptors (Lipinski definition) is 7. The summed E-state index contributed by atoms with van der Waals surface area (Å²) in [5.74, 6) is 0.714. The predicted octanol–water partition coefficient (Wildman–Crippen LogP) is 3.27. The van der Waals surface area contributed by atoms with Gasteiger partial charge in [0, 0.05) is 25.9 Å². The van der Waals surface area contributed by atoms with E-state index in [0.717, 1.165) is 31.7 Å². The molecule has 0 atom stereocenters.